The average Bonchev–Trinajstić information content (AvgIpc) is 2.86. The summed E-state index contributed by atoms with van der Waals surface area (Å²) >= 11 is 0. The standard InChI is InChI=1S/C22H31N3O3S/c1-5-18-12-10-11-15(2)19(18)24-22(26)20-16(3)21(17(4)23-20)29(27,28)25-13-8-6-7-9-14-25/h10-12,23H,5-9,13-14H2,1-4H3,(H,24,26). The van der Waals surface area contributed by atoms with E-state index in [1.54, 1.807) is 18.2 Å². The number of aryl methyl sites for hydroxylation is 3. The fourth-order valence-corrected chi connectivity index (χ4v) is 6.06. The summed E-state index contributed by atoms with van der Waals surface area (Å²) in [6.07, 6.45) is 4.67. The highest BCUT2D eigenvalue weighted by Gasteiger charge is 2.32. The van der Waals surface area contributed by atoms with Crippen LogP contribution in [0.5, 0.6) is 0 Å². The molecule has 2 N–H and O–H groups in total. The molecule has 1 aromatic carbocycles. The molecule has 1 saturated heterocycles. The molecule has 6 nitrogen and oxygen atoms in total. The number of nitrogens with zero attached hydrogens (tertiary/aromatic N) is 1. The first-order chi connectivity index (χ1) is 13.8. The topological polar surface area (TPSA) is 82.3 Å². The van der Waals surface area contributed by atoms with E-state index >= 15 is 0 Å². The second-order valence-corrected chi connectivity index (χ2v) is 9.69. The van der Waals surface area contributed by atoms with Crippen LogP contribution in [0.2, 0.25) is 0 Å². The molecule has 0 bridgehead atoms. The van der Waals surface area contributed by atoms with Crippen molar-refractivity contribution in [1.82, 2.24) is 9.29 Å². The van der Waals surface area contributed by atoms with E-state index in [0.717, 1.165) is 48.9 Å². The van der Waals surface area contributed by atoms with E-state index in [2.05, 4.69) is 10.3 Å². The molecular formula is C22H31N3O3S. The number of aromatic amines is 1. The summed E-state index contributed by atoms with van der Waals surface area (Å²) < 4.78 is 28.2. The highest BCUT2D eigenvalue weighted by Crippen LogP contribution is 2.29. The molecule has 1 aromatic heterocycles. The first kappa shape index (κ1) is 21.6. The summed E-state index contributed by atoms with van der Waals surface area (Å²) in [5.74, 6) is -0.313. The molecule has 1 aliphatic heterocycles. The number of aromatic nitrogens is 1. The third-order valence-electron chi connectivity index (χ3n) is 5.74. The Morgan fingerprint density at radius 2 is 1.76 bits per heavy atom. The van der Waals surface area contributed by atoms with Gasteiger partial charge in [-0.3, -0.25) is 4.79 Å². The summed E-state index contributed by atoms with van der Waals surface area (Å²) in [6.45, 7) is 8.51. The van der Waals surface area contributed by atoms with Crippen LogP contribution in [0.15, 0.2) is 23.1 Å². The minimum Gasteiger partial charge on any atom is -0.353 e. The van der Waals surface area contributed by atoms with Crippen molar-refractivity contribution in [1.29, 1.82) is 0 Å². The molecule has 29 heavy (non-hydrogen) atoms. The van der Waals surface area contributed by atoms with Crippen molar-refractivity contribution in [3.63, 3.8) is 0 Å². The molecule has 0 radical (unpaired) electrons. The van der Waals surface area contributed by atoms with E-state index in [9.17, 15) is 13.2 Å². The number of amides is 1. The number of H-pyrrole nitrogens is 1. The summed E-state index contributed by atoms with van der Waals surface area (Å²) in [7, 11) is -3.63. The number of sulfonamides is 1. The number of benzene rings is 1. The lowest BCUT2D eigenvalue weighted by molar-refractivity contribution is 0.102. The van der Waals surface area contributed by atoms with E-state index < -0.39 is 10.0 Å². The molecule has 0 atom stereocenters. The van der Waals surface area contributed by atoms with E-state index in [1.807, 2.05) is 32.0 Å². The lowest BCUT2D eigenvalue weighted by atomic mass is 10.1. The van der Waals surface area contributed by atoms with Crippen LogP contribution in [0.1, 0.15) is 65.5 Å². The Morgan fingerprint density at radius 1 is 1.10 bits per heavy atom. The number of carbonyl (C=O) groups is 1. The van der Waals surface area contributed by atoms with Gasteiger partial charge in [0.05, 0.1) is 0 Å². The molecule has 1 fully saturated rings. The van der Waals surface area contributed by atoms with Crippen molar-refractivity contribution in [3.05, 3.63) is 46.3 Å². The average molecular weight is 418 g/mol. The Labute approximate surface area is 173 Å². The van der Waals surface area contributed by atoms with Gasteiger partial charge in [-0.05, 0) is 56.7 Å². The van der Waals surface area contributed by atoms with Gasteiger partial charge in [-0.2, -0.15) is 4.31 Å². The van der Waals surface area contributed by atoms with Gasteiger partial charge in [0.2, 0.25) is 10.0 Å². The molecule has 1 aliphatic rings. The first-order valence-electron chi connectivity index (χ1n) is 10.4. The quantitative estimate of drug-likeness (QED) is 0.760. The predicted molar refractivity (Wildman–Crippen MR) is 116 cm³/mol. The summed E-state index contributed by atoms with van der Waals surface area (Å²) in [6, 6.07) is 5.92. The van der Waals surface area contributed by atoms with Gasteiger partial charge in [-0.15, -0.1) is 0 Å². The van der Waals surface area contributed by atoms with Crippen LogP contribution in [-0.4, -0.2) is 36.7 Å². The van der Waals surface area contributed by atoms with Crippen molar-refractivity contribution < 1.29 is 13.2 Å². The first-order valence-corrected chi connectivity index (χ1v) is 11.8. The molecule has 1 amide bonds. The minimum atomic E-state index is -3.63. The second-order valence-electron chi connectivity index (χ2n) is 7.81. The largest absolute Gasteiger partial charge is 0.353 e. The number of hydrogen-bond acceptors (Lipinski definition) is 3. The van der Waals surface area contributed by atoms with E-state index in [1.165, 1.54) is 0 Å². The van der Waals surface area contributed by atoms with Gasteiger partial charge in [0, 0.05) is 24.5 Å². The smallest absolute Gasteiger partial charge is 0.272 e. The molecular weight excluding hydrogens is 386 g/mol. The van der Waals surface area contributed by atoms with Gasteiger partial charge in [-0.1, -0.05) is 38.0 Å². The van der Waals surface area contributed by atoms with E-state index in [-0.39, 0.29) is 10.8 Å². The lowest BCUT2D eigenvalue weighted by Crippen LogP contribution is -2.32. The van der Waals surface area contributed by atoms with Crippen molar-refractivity contribution >= 4 is 21.6 Å². The third-order valence-corrected chi connectivity index (χ3v) is 7.91. The molecule has 158 valence electrons. The maximum atomic E-state index is 13.3. The molecule has 3 rings (SSSR count). The fourth-order valence-electron chi connectivity index (χ4n) is 4.14. The number of rotatable bonds is 5. The third kappa shape index (κ3) is 4.26. The Hall–Kier alpha value is -2.12. The summed E-state index contributed by atoms with van der Waals surface area (Å²) in [5.41, 5.74) is 4.13. The van der Waals surface area contributed by atoms with Gasteiger partial charge >= 0.3 is 0 Å². The molecule has 0 unspecified atom stereocenters. The minimum absolute atomic E-state index is 0.241. The number of nitrogens with one attached hydrogen (secondary N) is 2. The van der Waals surface area contributed by atoms with Crippen molar-refractivity contribution in [2.45, 2.75) is 64.7 Å². The lowest BCUT2D eigenvalue weighted by Gasteiger charge is -2.20. The van der Waals surface area contributed by atoms with Crippen LogP contribution in [0.4, 0.5) is 5.69 Å². The SMILES string of the molecule is CCc1cccc(C)c1NC(=O)c1[nH]c(C)c(S(=O)(=O)N2CCCCCC2)c1C. The van der Waals surface area contributed by atoms with Gasteiger partial charge in [0.15, 0.2) is 0 Å². The highest BCUT2D eigenvalue weighted by atomic mass is 32.2. The van der Waals surface area contributed by atoms with Gasteiger partial charge in [0.25, 0.3) is 5.91 Å². The molecule has 7 heteroatoms. The van der Waals surface area contributed by atoms with Gasteiger partial charge in [-0.25, -0.2) is 8.42 Å². The number of carbonyl (C=O) groups excluding carboxylic acids is 1. The molecule has 0 spiro atoms. The summed E-state index contributed by atoms with van der Waals surface area (Å²) in [5, 5.41) is 2.99. The van der Waals surface area contributed by atoms with Crippen LogP contribution < -0.4 is 5.32 Å². The Kier molecular flexibility index (Phi) is 6.49. The Bertz CT molecular complexity index is 1000. The normalized spacial score (nSPS) is 15.9. The zero-order valence-corrected chi connectivity index (χ0v) is 18.6. The van der Waals surface area contributed by atoms with E-state index in [0.29, 0.717) is 30.0 Å². The maximum Gasteiger partial charge on any atom is 0.272 e. The summed E-state index contributed by atoms with van der Waals surface area (Å²) in [4.78, 5) is 16.3. The zero-order valence-electron chi connectivity index (χ0n) is 17.8. The monoisotopic (exact) mass is 417 g/mol. The van der Waals surface area contributed by atoms with Gasteiger partial charge < -0.3 is 10.3 Å². The zero-order chi connectivity index (χ0) is 21.2. The molecule has 0 saturated carbocycles. The van der Waals surface area contributed by atoms with Crippen LogP contribution in [-0.2, 0) is 16.4 Å². The van der Waals surface area contributed by atoms with Crippen molar-refractivity contribution in [2.75, 3.05) is 18.4 Å². The predicted octanol–water partition coefficient (Wildman–Crippen LogP) is 4.32. The van der Waals surface area contributed by atoms with Crippen molar-refractivity contribution in [2.24, 2.45) is 0 Å². The number of hydrogen-bond donors (Lipinski definition) is 2. The maximum absolute atomic E-state index is 13.3. The molecule has 2 aromatic rings. The molecule has 2 heterocycles. The molecule has 0 aliphatic carbocycles. The Balaban J connectivity index is 1.94. The van der Waals surface area contributed by atoms with Crippen LogP contribution in [0.25, 0.3) is 0 Å². The number of anilines is 1. The van der Waals surface area contributed by atoms with Crippen LogP contribution in [0.3, 0.4) is 0 Å². The highest BCUT2D eigenvalue weighted by molar-refractivity contribution is 7.89. The fraction of sp³-hybridized carbons (Fsp3) is 0.500. The second kappa shape index (κ2) is 8.71. The van der Waals surface area contributed by atoms with Crippen molar-refractivity contribution in [3.8, 4) is 0 Å². The Morgan fingerprint density at radius 3 is 2.38 bits per heavy atom. The van der Waals surface area contributed by atoms with Gasteiger partial charge in [0.1, 0.15) is 10.6 Å². The van der Waals surface area contributed by atoms with Crippen LogP contribution >= 0.6 is 0 Å². The number of para-hydroxylation sites is 1. The van der Waals surface area contributed by atoms with E-state index in [4.69, 9.17) is 0 Å². The van der Waals surface area contributed by atoms with Crippen LogP contribution in [0, 0.1) is 20.8 Å².